The number of aliphatic hydroxyl groups excluding tert-OH is 1. The number of Topliss-reactive ketones (excluding diaryl/α,β-unsaturated/α-hetero) is 1. The number of aliphatic hydroxyl groups is 1. The van der Waals surface area contributed by atoms with Gasteiger partial charge in [0.25, 0.3) is 11.7 Å². The third kappa shape index (κ3) is 4.53. The lowest BCUT2D eigenvalue weighted by atomic mass is 9.93. The highest BCUT2D eigenvalue weighted by atomic mass is 16.5. The molecule has 1 saturated heterocycles. The fourth-order valence-electron chi connectivity index (χ4n) is 4.28. The van der Waals surface area contributed by atoms with E-state index in [1.54, 1.807) is 42.5 Å². The standard InChI is InChI=1S/C28H25NO6/c1-16-7-8-17(2)22(13-16)25(31)23-24(20-5-4-6-21(30)14-20)29(27(33)26(23)32)15-18-9-11-19(12-10-18)28(34)35-3/h4-14,24,30-31H,15H2,1-3H3/b25-23+. The minimum Gasteiger partial charge on any atom is -0.508 e. The Labute approximate surface area is 202 Å². The van der Waals surface area contributed by atoms with Gasteiger partial charge in [-0.3, -0.25) is 9.59 Å². The molecule has 0 saturated carbocycles. The molecule has 1 aliphatic heterocycles. The molecule has 7 nitrogen and oxygen atoms in total. The summed E-state index contributed by atoms with van der Waals surface area (Å²) in [4.78, 5) is 39.5. The van der Waals surface area contributed by atoms with Crippen LogP contribution in [0.5, 0.6) is 5.75 Å². The lowest BCUT2D eigenvalue weighted by Gasteiger charge is -2.26. The predicted molar refractivity (Wildman–Crippen MR) is 130 cm³/mol. The molecule has 7 heteroatoms. The van der Waals surface area contributed by atoms with Gasteiger partial charge in [0.15, 0.2) is 0 Å². The molecular formula is C28H25NO6. The number of esters is 1. The van der Waals surface area contributed by atoms with Crippen LogP contribution < -0.4 is 0 Å². The van der Waals surface area contributed by atoms with Crippen LogP contribution in [0, 0.1) is 13.8 Å². The Morgan fingerprint density at radius 1 is 1.00 bits per heavy atom. The van der Waals surface area contributed by atoms with E-state index in [1.165, 1.54) is 24.1 Å². The summed E-state index contributed by atoms with van der Waals surface area (Å²) in [7, 11) is 1.29. The number of ether oxygens (including phenoxy) is 1. The Morgan fingerprint density at radius 2 is 1.71 bits per heavy atom. The summed E-state index contributed by atoms with van der Waals surface area (Å²) in [5, 5.41) is 21.4. The van der Waals surface area contributed by atoms with Gasteiger partial charge in [-0.05, 0) is 60.9 Å². The molecule has 0 aromatic heterocycles. The van der Waals surface area contributed by atoms with Crippen LogP contribution in [0.2, 0.25) is 0 Å². The fourth-order valence-corrected chi connectivity index (χ4v) is 4.28. The van der Waals surface area contributed by atoms with Gasteiger partial charge >= 0.3 is 5.97 Å². The van der Waals surface area contributed by atoms with Crippen molar-refractivity contribution in [3.8, 4) is 5.75 Å². The van der Waals surface area contributed by atoms with Gasteiger partial charge in [-0.15, -0.1) is 0 Å². The summed E-state index contributed by atoms with van der Waals surface area (Å²) >= 11 is 0. The number of likely N-dealkylation sites (tertiary alicyclic amines) is 1. The van der Waals surface area contributed by atoms with E-state index in [-0.39, 0.29) is 23.6 Å². The van der Waals surface area contributed by atoms with Crippen molar-refractivity contribution in [3.63, 3.8) is 0 Å². The highest BCUT2D eigenvalue weighted by Gasteiger charge is 2.46. The van der Waals surface area contributed by atoms with E-state index >= 15 is 0 Å². The number of carbonyl (C=O) groups is 3. The second-order valence-corrected chi connectivity index (χ2v) is 8.53. The van der Waals surface area contributed by atoms with Crippen LogP contribution in [-0.4, -0.2) is 39.9 Å². The zero-order chi connectivity index (χ0) is 25.3. The molecule has 0 spiro atoms. The van der Waals surface area contributed by atoms with Crippen LogP contribution in [0.3, 0.4) is 0 Å². The molecule has 1 unspecified atom stereocenters. The Hall–Kier alpha value is -4.39. The third-order valence-electron chi connectivity index (χ3n) is 6.10. The number of ketones is 1. The van der Waals surface area contributed by atoms with Crippen molar-refractivity contribution in [2.75, 3.05) is 7.11 Å². The van der Waals surface area contributed by atoms with E-state index in [2.05, 4.69) is 0 Å². The smallest absolute Gasteiger partial charge is 0.337 e. The number of phenols is 1. The fraction of sp³-hybridized carbons (Fsp3) is 0.179. The number of hydrogen-bond donors (Lipinski definition) is 2. The largest absolute Gasteiger partial charge is 0.508 e. The lowest BCUT2D eigenvalue weighted by Crippen LogP contribution is -2.29. The number of amides is 1. The first-order valence-electron chi connectivity index (χ1n) is 11.0. The van der Waals surface area contributed by atoms with Crippen LogP contribution in [0.4, 0.5) is 0 Å². The van der Waals surface area contributed by atoms with Gasteiger partial charge < -0.3 is 19.8 Å². The van der Waals surface area contributed by atoms with E-state index in [9.17, 15) is 24.6 Å². The van der Waals surface area contributed by atoms with Crippen LogP contribution in [0.25, 0.3) is 5.76 Å². The van der Waals surface area contributed by atoms with Crippen molar-refractivity contribution in [3.05, 3.63) is 106 Å². The molecule has 35 heavy (non-hydrogen) atoms. The van der Waals surface area contributed by atoms with Crippen molar-refractivity contribution < 1.29 is 29.3 Å². The number of carbonyl (C=O) groups excluding carboxylic acids is 3. The molecule has 1 aliphatic rings. The van der Waals surface area contributed by atoms with Gasteiger partial charge in [-0.25, -0.2) is 4.79 Å². The molecule has 1 heterocycles. The molecule has 178 valence electrons. The van der Waals surface area contributed by atoms with Crippen LogP contribution in [0.15, 0.2) is 72.3 Å². The predicted octanol–water partition coefficient (Wildman–Crippen LogP) is 4.42. The van der Waals surface area contributed by atoms with Crippen LogP contribution in [-0.2, 0) is 20.9 Å². The van der Waals surface area contributed by atoms with Gasteiger partial charge in [0.05, 0.1) is 24.3 Å². The van der Waals surface area contributed by atoms with Crippen molar-refractivity contribution in [1.82, 2.24) is 4.90 Å². The molecule has 0 bridgehead atoms. The molecule has 1 fully saturated rings. The maximum atomic E-state index is 13.2. The highest BCUT2D eigenvalue weighted by molar-refractivity contribution is 6.46. The second kappa shape index (κ2) is 9.46. The minimum absolute atomic E-state index is 0.0257. The van der Waals surface area contributed by atoms with E-state index in [4.69, 9.17) is 4.74 Å². The summed E-state index contributed by atoms with van der Waals surface area (Å²) in [6.45, 7) is 3.74. The van der Waals surface area contributed by atoms with E-state index in [1.807, 2.05) is 26.0 Å². The normalized spacial score (nSPS) is 17.0. The molecule has 3 aromatic carbocycles. The molecule has 4 rings (SSSR count). The number of hydrogen-bond acceptors (Lipinski definition) is 6. The Morgan fingerprint density at radius 3 is 2.37 bits per heavy atom. The number of nitrogens with zero attached hydrogens (tertiary/aromatic N) is 1. The van der Waals surface area contributed by atoms with Gasteiger partial charge in [0, 0.05) is 12.1 Å². The summed E-state index contributed by atoms with van der Waals surface area (Å²) in [5.41, 5.74) is 3.60. The van der Waals surface area contributed by atoms with Crippen molar-refractivity contribution in [1.29, 1.82) is 0 Å². The summed E-state index contributed by atoms with van der Waals surface area (Å²) in [5.74, 6) is -2.33. The number of phenolic OH excluding ortho intramolecular Hbond substituents is 1. The highest BCUT2D eigenvalue weighted by Crippen LogP contribution is 2.41. The summed E-state index contributed by atoms with van der Waals surface area (Å²) < 4.78 is 4.72. The summed E-state index contributed by atoms with van der Waals surface area (Å²) in [6, 6.07) is 17.4. The molecule has 1 amide bonds. The molecular weight excluding hydrogens is 446 g/mol. The average molecular weight is 472 g/mol. The zero-order valence-corrected chi connectivity index (χ0v) is 19.6. The quantitative estimate of drug-likeness (QED) is 0.247. The number of rotatable bonds is 5. The molecule has 2 N–H and O–H groups in total. The lowest BCUT2D eigenvalue weighted by molar-refractivity contribution is -0.140. The van der Waals surface area contributed by atoms with E-state index < -0.39 is 23.7 Å². The van der Waals surface area contributed by atoms with Gasteiger partial charge in [-0.2, -0.15) is 0 Å². The molecule has 3 aromatic rings. The summed E-state index contributed by atoms with van der Waals surface area (Å²) in [6.07, 6.45) is 0. The maximum absolute atomic E-state index is 13.2. The topological polar surface area (TPSA) is 104 Å². The zero-order valence-electron chi connectivity index (χ0n) is 19.6. The monoisotopic (exact) mass is 471 g/mol. The third-order valence-corrected chi connectivity index (χ3v) is 6.10. The van der Waals surface area contributed by atoms with Crippen molar-refractivity contribution in [2.24, 2.45) is 0 Å². The van der Waals surface area contributed by atoms with E-state index in [0.29, 0.717) is 22.3 Å². The molecule has 0 aliphatic carbocycles. The SMILES string of the molecule is COC(=O)c1ccc(CN2C(=O)C(=O)/C(=C(/O)c3cc(C)ccc3C)C2c2cccc(O)c2)cc1. The molecule has 0 radical (unpaired) electrons. The van der Waals surface area contributed by atoms with Crippen LogP contribution >= 0.6 is 0 Å². The number of methoxy groups -OCH3 is 1. The number of aryl methyl sites for hydroxylation is 2. The molecule has 1 atom stereocenters. The van der Waals surface area contributed by atoms with Gasteiger partial charge in [0.2, 0.25) is 0 Å². The average Bonchev–Trinajstić information content (AvgIpc) is 3.10. The van der Waals surface area contributed by atoms with Gasteiger partial charge in [0.1, 0.15) is 11.5 Å². The Bertz CT molecular complexity index is 1360. The Kier molecular flexibility index (Phi) is 6.42. The first-order chi connectivity index (χ1) is 16.7. The van der Waals surface area contributed by atoms with Crippen molar-refractivity contribution >= 4 is 23.4 Å². The minimum atomic E-state index is -0.915. The van der Waals surface area contributed by atoms with Crippen LogP contribution in [0.1, 0.15) is 44.2 Å². The number of aromatic hydroxyl groups is 1. The second-order valence-electron chi connectivity index (χ2n) is 8.53. The van der Waals surface area contributed by atoms with Crippen molar-refractivity contribution in [2.45, 2.75) is 26.4 Å². The van der Waals surface area contributed by atoms with E-state index in [0.717, 1.165) is 11.1 Å². The van der Waals surface area contributed by atoms with Gasteiger partial charge in [-0.1, -0.05) is 42.0 Å². The first kappa shape index (κ1) is 23.8. The number of benzene rings is 3. The first-order valence-corrected chi connectivity index (χ1v) is 11.0. The Balaban J connectivity index is 1.83. The maximum Gasteiger partial charge on any atom is 0.337 e.